The van der Waals surface area contributed by atoms with Crippen LogP contribution in [-0.4, -0.2) is 35.6 Å². The Hall–Kier alpha value is -1.56. The van der Waals surface area contributed by atoms with Crippen molar-refractivity contribution >= 4 is 11.8 Å². The molecule has 1 aromatic heterocycles. The third-order valence-corrected chi connectivity index (χ3v) is 2.50. The zero-order valence-corrected chi connectivity index (χ0v) is 9.18. The lowest BCUT2D eigenvalue weighted by Crippen LogP contribution is -2.14. The number of rotatable bonds is 3. The largest absolute Gasteiger partial charge is 0.461 e. The first kappa shape index (κ1) is 10.9. The number of aromatic nitrogens is 2. The molecule has 0 aliphatic carbocycles. The third-order valence-electron chi connectivity index (χ3n) is 2.50. The monoisotopic (exact) mass is 225 g/mol. The summed E-state index contributed by atoms with van der Waals surface area (Å²) in [6.07, 6.45) is 0.869. The lowest BCUT2D eigenvalue weighted by atomic mass is 10.3. The molecule has 16 heavy (non-hydrogen) atoms. The van der Waals surface area contributed by atoms with Gasteiger partial charge in [-0.05, 0) is 13.3 Å². The van der Waals surface area contributed by atoms with Gasteiger partial charge in [0.05, 0.1) is 19.3 Å². The summed E-state index contributed by atoms with van der Waals surface area (Å²) < 4.78 is 11.7. The van der Waals surface area contributed by atoms with E-state index in [1.165, 1.54) is 6.07 Å². The van der Waals surface area contributed by atoms with Crippen molar-refractivity contribution in [2.75, 3.05) is 25.6 Å². The van der Waals surface area contributed by atoms with Gasteiger partial charge < -0.3 is 15.2 Å². The fourth-order valence-corrected chi connectivity index (χ4v) is 1.72. The fourth-order valence-electron chi connectivity index (χ4n) is 1.72. The molecule has 1 aromatic rings. The van der Waals surface area contributed by atoms with E-state index in [-0.39, 0.29) is 11.7 Å². The van der Waals surface area contributed by atoms with Crippen molar-refractivity contribution in [2.24, 2.45) is 0 Å². The Kier molecular flexibility index (Phi) is 3.09. The minimum atomic E-state index is -0.438. The highest BCUT2D eigenvalue weighted by atomic mass is 16.5. The number of anilines is 1. The highest BCUT2D eigenvalue weighted by Gasteiger charge is 2.22. The topological polar surface area (TPSA) is 79.4 Å². The maximum absolute atomic E-state index is 11.4. The molecular weight excluding hydrogens is 210 g/mol. The van der Waals surface area contributed by atoms with Crippen LogP contribution in [0.5, 0.6) is 0 Å². The van der Waals surface area contributed by atoms with E-state index >= 15 is 0 Å². The zero-order valence-electron chi connectivity index (χ0n) is 9.18. The van der Waals surface area contributed by atoms with Crippen LogP contribution in [0.3, 0.4) is 0 Å². The van der Waals surface area contributed by atoms with Crippen molar-refractivity contribution in [3.8, 4) is 0 Å². The van der Waals surface area contributed by atoms with Crippen LogP contribution in [0, 0.1) is 0 Å². The molecule has 6 nitrogen and oxygen atoms in total. The molecule has 2 rings (SSSR count). The SMILES string of the molecule is CCOC(=O)c1cc(N)n(C2CCOC2)n1. The highest BCUT2D eigenvalue weighted by Crippen LogP contribution is 2.22. The van der Waals surface area contributed by atoms with Gasteiger partial charge in [-0.1, -0.05) is 0 Å². The Balaban J connectivity index is 2.17. The molecular formula is C10H15N3O3. The van der Waals surface area contributed by atoms with Crippen molar-refractivity contribution in [3.63, 3.8) is 0 Å². The van der Waals surface area contributed by atoms with Crippen LogP contribution in [-0.2, 0) is 9.47 Å². The molecule has 1 aliphatic heterocycles. The van der Waals surface area contributed by atoms with Gasteiger partial charge in [0.2, 0.25) is 0 Å². The number of nitrogens with two attached hydrogens (primary N) is 1. The predicted molar refractivity (Wildman–Crippen MR) is 57.1 cm³/mol. The molecule has 6 heteroatoms. The first-order valence-electron chi connectivity index (χ1n) is 5.32. The Labute approximate surface area is 93.3 Å². The van der Waals surface area contributed by atoms with E-state index in [0.717, 1.165) is 6.42 Å². The minimum Gasteiger partial charge on any atom is -0.461 e. The summed E-state index contributed by atoms with van der Waals surface area (Å²) in [7, 11) is 0. The van der Waals surface area contributed by atoms with Crippen LogP contribution in [0.4, 0.5) is 5.82 Å². The zero-order chi connectivity index (χ0) is 11.5. The van der Waals surface area contributed by atoms with E-state index in [4.69, 9.17) is 15.2 Å². The number of carbonyl (C=O) groups is 1. The summed E-state index contributed by atoms with van der Waals surface area (Å²) in [5.41, 5.74) is 6.05. The lowest BCUT2D eigenvalue weighted by molar-refractivity contribution is 0.0518. The Bertz CT molecular complexity index is 383. The molecule has 0 radical (unpaired) electrons. The van der Waals surface area contributed by atoms with Crippen molar-refractivity contribution in [1.82, 2.24) is 9.78 Å². The van der Waals surface area contributed by atoms with E-state index in [2.05, 4.69) is 5.10 Å². The number of ether oxygens (including phenoxy) is 2. The number of carbonyl (C=O) groups excluding carboxylic acids is 1. The van der Waals surface area contributed by atoms with Gasteiger partial charge >= 0.3 is 5.97 Å². The molecule has 1 unspecified atom stereocenters. The van der Waals surface area contributed by atoms with Crippen LogP contribution >= 0.6 is 0 Å². The summed E-state index contributed by atoms with van der Waals surface area (Å²) in [6.45, 7) is 3.38. The summed E-state index contributed by atoms with van der Waals surface area (Å²) in [4.78, 5) is 11.4. The van der Waals surface area contributed by atoms with Gasteiger partial charge in [0.25, 0.3) is 0 Å². The standard InChI is InChI=1S/C10H15N3O3/c1-2-16-10(14)8-5-9(11)13(12-8)7-3-4-15-6-7/h5,7H,2-4,6,11H2,1H3. The second-order valence-corrected chi connectivity index (χ2v) is 3.64. The van der Waals surface area contributed by atoms with Crippen LogP contribution in [0.15, 0.2) is 6.07 Å². The van der Waals surface area contributed by atoms with E-state index in [1.807, 2.05) is 0 Å². The first-order valence-corrected chi connectivity index (χ1v) is 5.32. The average molecular weight is 225 g/mol. The van der Waals surface area contributed by atoms with Crippen LogP contribution in [0.1, 0.15) is 29.9 Å². The maximum Gasteiger partial charge on any atom is 0.358 e. The summed E-state index contributed by atoms with van der Waals surface area (Å²) in [5.74, 6) is 0.0328. The van der Waals surface area contributed by atoms with Gasteiger partial charge in [-0.3, -0.25) is 0 Å². The molecule has 1 fully saturated rings. The molecule has 2 N–H and O–H groups in total. The second kappa shape index (κ2) is 4.52. The van der Waals surface area contributed by atoms with E-state index in [9.17, 15) is 4.79 Å². The Morgan fingerprint density at radius 3 is 3.25 bits per heavy atom. The van der Waals surface area contributed by atoms with Crippen molar-refractivity contribution in [3.05, 3.63) is 11.8 Å². The molecule has 1 aliphatic rings. The predicted octanol–water partition coefficient (Wildman–Crippen LogP) is 0.603. The number of hydrogen-bond acceptors (Lipinski definition) is 5. The minimum absolute atomic E-state index is 0.128. The van der Waals surface area contributed by atoms with Gasteiger partial charge in [-0.25, -0.2) is 9.48 Å². The maximum atomic E-state index is 11.4. The van der Waals surface area contributed by atoms with Gasteiger partial charge in [0.1, 0.15) is 5.82 Å². The molecule has 1 atom stereocenters. The van der Waals surface area contributed by atoms with Gasteiger partial charge in [-0.2, -0.15) is 5.10 Å². The fraction of sp³-hybridized carbons (Fsp3) is 0.600. The molecule has 88 valence electrons. The van der Waals surface area contributed by atoms with E-state index < -0.39 is 5.97 Å². The van der Waals surface area contributed by atoms with Gasteiger partial charge in [-0.15, -0.1) is 0 Å². The summed E-state index contributed by atoms with van der Waals surface area (Å²) >= 11 is 0. The van der Waals surface area contributed by atoms with Crippen molar-refractivity contribution in [1.29, 1.82) is 0 Å². The lowest BCUT2D eigenvalue weighted by Gasteiger charge is -2.09. The first-order chi connectivity index (χ1) is 7.72. The molecule has 0 amide bonds. The van der Waals surface area contributed by atoms with Crippen LogP contribution in [0.25, 0.3) is 0 Å². The molecule has 0 spiro atoms. The summed E-state index contributed by atoms with van der Waals surface area (Å²) in [5, 5.41) is 4.15. The molecule has 0 saturated carbocycles. The number of hydrogen-bond donors (Lipinski definition) is 1. The molecule has 0 bridgehead atoms. The van der Waals surface area contributed by atoms with Gasteiger partial charge in [0, 0.05) is 12.7 Å². The highest BCUT2D eigenvalue weighted by molar-refractivity contribution is 5.88. The quantitative estimate of drug-likeness (QED) is 0.762. The third kappa shape index (κ3) is 2.01. The van der Waals surface area contributed by atoms with E-state index in [1.54, 1.807) is 11.6 Å². The van der Waals surface area contributed by atoms with Crippen LogP contribution < -0.4 is 5.73 Å². The van der Waals surface area contributed by atoms with Gasteiger partial charge in [0.15, 0.2) is 5.69 Å². The Morgan fingerprint density at radius 1 is 1.81 bits per heavy atom. The van der Waals surface area contributed by atoms with Crippen molar-refractivity contribution in [2.45, 2.75) is 19.4 Å². The number of nitrogens with zero attached hydrogens (tertiary/aromatic N) is 2. The van der Waals surface area contributed by atoms with Crippen LogP contribution in [0.2, 0.25) is 0 Å². The van der Waals surface area contributed by atoms with E-state index in [0.29, 0.717) is 25.6 Å². The second-order valence-electron chi connectivity index (χ2n) is 3.64. The summed E-state index contributed by atoms with van der Waals surface area (Å²) in [6, 6.07) is 1.67. The van der Waals surface area contributed by atoms with Crippen molar-refractivity contribution < 1.29 is 14.3 Å². The molecule has 0 aromatic carbocycles. The normalized spacial score (nSPS) is 19.9. The molecule has 2 heterocycles. The smallest absolute Gasteiger partial charge is 0.358 e. The average Bonchev–Trinajstić information content (AvgIpc) is 2.86. The molecule has 1 saturated heterocycles. The Morgan fingerprint density at radius 2 is 2.62 bits per heavy atom. The number of nitrogen functional groups attached to an aromatic ring is 1. The number of esters is 1.